The first-order valence-electron chi connectivity index (χ1n) is 8.56. The van der Waals surface area contributed by atoms with Crippen LogP contribution in [-0.2, 0) is 6.42 Å². The largest absolute Gasteiger partial charge is 0.318 e. The summed E-state index contributed by atoms with van der Waals surface area (Å²) in [5.41, 5.74) is 2.27. The van der Waals surface area contributed by atoms with Crippen molar-refractivity contribution < 1.29 is 14.0 Å². The number of hydrogen-bond acceptors (Lipinski definition) is 3. The summed E-state index contributed by atoms with van der Waals surface area (Å²) < 4.78 is 13.7. The fourth-order valence-electron chi connectivity index (χ4n) is 3.12. The Bertz CT molecular complexity index is 1040. The topological polar surface area (TPSA) is 62.3 Å². The molecule has 27 heavy (non-hydrogen) atoms. The van der Waals surface area contributed by atoms with Crippen LogP contribution in [0.3, 0.4) is 0 Å². The number of nitrogens with zero attached hydrogens (tertiary/aromatic N) is 2. The van der Waals surface area contributed by atoms with Gasteiger partial charge in [0.25, 0.3) is 11.8 Å². The molecule has 3 aromatic rings. The average molecular weight is 361 g/mol. The number of fused-ring (bicyclic) bond motifs is 1. The molecule has 4 rings (SSSR count). The second-order valence-electron chi connectivity index (χ2n) is 6.18. The number of pyridine rings is 1. The van der Waals surface area contributed by atoms with Gasteiger partial charge in [-0.05, 0) is 42.3 Å². The van der Waals surface area contributed by atoms with Crippen molar-refractivity contribution in [1.82, 2.24) is 4.98 Å². The Morgan fingerprint density at radius 3 is 2.52 bits per heavy atom. The predicted molar refractivity (Wildman–Crippen MR) is 100 cm³/mol. The molecule has 134 valence electrons. The second-order valence-corrected chi connectivity index (χ2v) is 6.18. The highest BCUT2D eigenvalue weighted by Crippen LogP contribution is 2.28. The van der Waals surface area contributed by atoms with E-state index in [0.717, 1.165) is 17.7 Å². The monoisotopic (exact) mass is 361 g/mol. The lowest BCUT2D eigenvalue weighted by Gasteiger charge is -2.17. The van der Waals surface area contributed by atoms with E-state index in [4.69, 9.17) is 0 Å². The van der Waals surface area contributed by atoms with Crippen LogP contribution in [0.2, 0.25) is 0 Å². The van der Waals surface area contributed by atoms with Crippen LogP contribution in [0.5, 0.6) is 0 Å². The Kier molecular flexibility index (Phi) is 4.38. The first kappa shape index (κ1) is 16.9. The number of benzene rings is 2. The zero-order valence-electron chi connectivity index (χ0n) is 14.4. The van der Waals surface area contributed by atoms with E-state index in [9.17, 15) is 14.0 Å². The molecule has 2 aromatic carbocycles. The predicted octanol–water partition coefficient (Wildman–Crippen LogP) is 3.68. The van der Waals surface area contributed by atoms with Gasteiger partial charge in [-0.1, -0.05) is 36.4 Å². The Morgan fingerprint density at radius 2 is 1.67 bits per heavy atom. The van der Waals surface area contributed by atoms with Crippen molar-refractivity contribution in [3.63, 3.8) is 0 Å². The number of para-hydroxylation sites is 2. The Balaban J connectivity index is 1.57. The van der Waals surface area contributed by atoms with Gasteiger partial charge in [0.2, 0.25) is 0 Å². The quantitative estimate of drug-likeness (QED) is 0.774. The first-order chi connectivity index (χ1) is 13.1. The van der Waals surface area contributed by atoms with Crippen LogP contribution in [0.1, 0.15) is 26.5 Å². The molecule has 5 nitrogen and oxygen atoms in total. The standard InChI is InChI=1S/C21H16FN3O2/c22-15-7-2-3-8-16(15)24-20(26)17-9-5-10-18(23-17)21(27)25-13-12-14-6-1-4-11-19(14)25/h1-11H,12-13H2,(H,24,26). The molecule has 0 saturated heterocycles. The van der Waals surface area contributed by atoms with Gasteiger partial charge in [0.05, 0.1) is 5.69 Å². The Labute approximate surface area is 155 Å². The molecule has 2 heterocycles. The third kappa shape index (κ3) is 3.29. The van der Waals surface area contributed by atoms with Gasteiger partial charge in [0, 0.05) is 12.2 Å². The number of hydrogen-bond donors (Lipinski definition) is 1. The summed E-state index contributed by atoms with van der Waals surface area (Å²) in [7, 11) is 0. The molecule has 0 unspecified atom stereocenters. The number of halogens is 1. The number of rotatable bonds is 3. The lowest BCUT2D eigenvalue weighted by Crippen LogP contribution is -2.30. The minimum Gasteiger partial charge on any atom is -0.318 e. The van der Waals surface area contributed by atoms with Crippen LogP contribution in [-0.4, -0.2) is 23.3 Å². The summed E-state index contributed by atoms with van der Waals surface area (Å²) in [6.07, 6.45) is 0.787. The number of anilines is 2. The summed E-state index contributed by atoms with van der Waals surface area (Å²) in [5.74, 6) is -1.37. The van der Waals surface area contributed by atoms with Crippen LogP contribution < -0.4 is 10.2 Å². The maximum Gasteiger partial charge on any atom is 0.276 e. The van der Waals surface area contributed by atoms with Gasteiger partial charge in [0.15, 0.2) is 0 Å². The fourth-order valence-corrected chi connectivity index (χ4v) is 3.12. The third-order valence-corrected chi connectivity index (χ3v) is 4.46. The van der Waals surface area contributed by atoms with Crippen molar-refractivity contribution in [3.8, 4) is 0 Å². The lowest BCUT2D eigenvalue weighted by atomic mass is 10.2. The molecule has 0 atom stereocenters. The van der Waals surface area contributed by atoms with E-state index in [-0.39, 0.29) is 23.0 Å². The Hall–Kier alpha value is -3.54. The third-order valence-electron chi connectivity index (χ3n) is 4.46. The number of carbonyl (C=O) groups is 2. The molecule has 1 N–H and O–H groups in total. The second kappa shape index (κ2) is 6.99. The van der Waals surface area contributed by atoms with Crippen LogP contribution >= 0.6 is 0 Å². The molecule has 1 aliphatic rings. The molecular formula is C21H16FN3O2. The average Bonchev–Trinajstić information content (AvgIpc) is 3.13. The summed E-state index contributed by atoms with van der Waals surface area (Å²) in [6, 6.07) is 18.3. The van der Waals surface area contributed by atoms with E-state index in [1.54, 1.807) is 23.1 Å². The summed E-state index contributed by atoms with van der Waals surface area (Å²) in [6.45, 7) is 0.575. The highest BCUT2D eigenvalue weighted by Gasteiger charge is 2.26. The zero-order valence-corrected chi connectivity index (χ0v) is 14.4. The van der Waals surface area contributed by atoms with Crippen LogP contribution in [0.15, 0.2) is 66.7 Å². The number of carbonyl (C=O) groups excluding carboxylic acids is 2. The van der Waals surface area contributed by atoms with E-state index >= 15 is 0 Å². The normalized spacial score (nSPS) is 12.6. The molecule has 2 amide bonds. The number of amides is 2. The van der Waals surface area contributed by atoms with Gasteiger partial charge in [-0.25, -0.2) is 9.37 Å². The smallest absolute Gasteiger partial charge is 0.276 e. The van der Waals surface area contributed by atoms with Crippen molar-refractivity contribution in [2.75, 3.05) is 16.8 Å². The molecule has 0 fully saturated rings. The minimum absolute atomic E-state index is 0.0524. The van der Waals surface area contributed by atoms with E-state index < -0.39 is 11.7 Å². The lowest BCUT2D eigenvalue weighted by molar-refractivity contribution is 0.0984. The van der Waals surface area contributed by atoms with E-state index in [1.807, 2.05) is 24.3 Å². The van der Waals surface area contributed by atoms with E-state index in [1.165, 1.54) is 24.3 Å². The van der Waals surface area contributed by atoms with E-state index in [2.05, 4.69) is 10.3 Å². The molecular weight excluding hydrogens is 345 g/mol. The molecule has 0 bridgehead atoms. The summed E-state index contributed by atoms with van der Waals surface area (Å²) in [4.78, 5) is 31.1. The van der Waals surface area contributed by atoms with Gasteiger partial charge in [-0.3, -0.25) is 9.59 Å². The summed E-state index contributed by atoms with van der Waals surface area (Å²) >= 11 is 0. The number of aromatic nitrogens is 1. The van der Waals surface area contributed by atoms with Crippen molar-refractivity contribution in [2.24, 2.45) is 0 Å². The molecule has 0 spiro atoms. The maximum absolute atomic E-state index is 13.7. The van der Waals surface area contributed by atoms with Gasteiger partial charge in [-0.2, -0.15) is 0 Å². The fraction of sp³-hybridized carbons (Fsp3) is 0.0952. The molecule has 6 heteroatoms. The zero-order chi connectivity index (χ0) is 18.8. The van der Waals surface area contributed by atoms with Crippen molar-refractivity contribution >= 4 is 23.2 Å². The van der Waals surface area contributed by atoms with Crippen molar-refractivity contribution in [2.45, 2.75) is 6.42 Å². The first-order valence-corrected chi connectivity index (χ1v) is 8.56. The van der Waals surface area contributed by atoms with Crippen molar-refractivity contribution in [1.29, 1.82) is 0 Å². The molecule has 0 radical (unpaired) electrons. The van der Waals surface area contributed by atoms with E-state index in [0.29, 0.717) is 6.54 Å². The van der Waals surface area contributed by atoms with Gasteiger partial charge < -0.3 is 10.2 Å². The SMILES string of the molecule is O=C(Nc1ccccc1F)c1cccc(C(=O)N2CCc3ccccc32)n1. The molecule has 1 aromatic heterocycles. The van der Waals surface area contributed by atoms with Crippen LogP contribution in [0, 0.1) is 5.82 Å². The number of nitrogens with one attached hydrogen (secondary N) is 1. The maximum atomic E-state index is 13.7. The minimum atomic E-state index is -0.573. The van der Waals surface area contributed by atoms with Crippen LogP contribution in [0.25, 0.3) is 0 Å². The summed E-state index contributed by atoms with van der Waals surface area (Å²) in [5, 5.41) is 2.48. The van der Waals surface area contributed by atoms with Gasteiger partial charge in [-0.15, -0.1) is 0 Å². The van der Waals surface area contributed by atoms with Crippen molar-refractivity contribution in [3.05, 3.63) is 89.5 Å². The highest BCUT2D eigenvalue weighted by molar-refractivity contribution is 6.08. The van der Waals surface area contributed by atoms with Crippen LogP contribution in [0.4, 0.5) is 15.8 Å². The van der Waals surface area contributed by atoms with Gasteiger partial charge >= 0.3 is 0 Å². The Morgan fingerprint density at radius 1 is 0.926 bits per heavy atom. The molecule has 0 saturated carbocycles. The molecule has 1 aliphatic heterocycles. The molecule has 0 aliphatic carbocycles. The highest BCUT2D eigenvalue weighted by atomic mass is 19.1. The van der Waals surface area contributed by atoms with Gasteiger partial charge in [0.1, 0.15) is 17.2 Å².